The number of benzene rings is 3. The lowest BCUT2D eigenvalue weighted by molar-refractivity contribution is 0.0939. The van der Waals surface area contributed by atoms with Crippen molar-refractivity contribution in [3.8, 4) is 0 Å². The van der Waals surface area contributed by atoms with Gasteiger partial charge in [0.05, 0.1) is 16.7 Å². The molecule has 0 radical (unpaired) electrons. The summed E-state index contributed by atoms with van der Waals surface area (Å²) in [6, 6.07) is 20.3. The second-order valence-corrected chi connectivity index (χ2v) is 8.51. The molecule has 0 heterocycles. The third-order valence-electron chi connectivity index (χ3n) is 4.34. The number of sulfone groups is 1. The SMILES string of the molecule is C[C@@H](NC(=O)c1cccc(CS(=O)(=O)c2ccccc2)c1)c1cccc(F)c1. The molecule has 0 bridgehead atoms. The van der Waals surface area contributed by atoms with Gasteiger partial charge in [0.25, 0.3) is 5.91 Å². The smallest absolute Gasteiger partial charge is 0.251 e. The highest BCUT2D eigenvalue weighted by molar-refractivity contribution is 7.90. The lowest BCUT2D eigenvalue weighted by Crippen LogP contribution is -2.26. The van der Waals surface area contributed by atoms with Crippen LogP contribution in [-0.4, -0.2) is 14.3 Å². The molecule has 1 N–H and O–H groups in total. The minimum absolute atomic E-state index is 0.197. The molecule has 144 valence electrons. The monoisotopic (exact) mass is 397 g/mol. The zero-order valence-corrected chi connectivity index (χ0v) is 16.1. The summed E-state index contributed by atoms with van der Waals surface area (Å²) in [4.78, 5) is 12.8. The quantitative estimate of drug-likeness (QED) is 0.675. The molecular weight excluding hydrogens is 377 g/mol. The maximum atomic E-state index is 13.4. The van der Waals surface area contributed by atoms with Gasteiger partial charge in [-0.15, -0.1) is 0 Å². The van der Waals surface area contributed by atoms with Crippen molar-refractivity contribution in [3.05, 3.63) is 101 Å². The Bertz CT molecular complexity index is 1080. The molecule has 0 aromatic heterocycles. The number of nitrogens with one attached hydrogen (secondary N) is 1. The molecule has 0 unspecified atom stereocenters. The van der Waals surface area contributed by atoms with E-state index in [9.17, 15) is 17.6 Å². The van der Waals surface area contributed by atoms with Crippen LogP contribution in [0, 0.1) is 5.82 Å². The first kappa shape index (κ1) is 19.8. The van der Waals surface area contributed by atoms with Crippen LogP contribution in [0.3, 0.4) is 0 Å². The van der Waals surface area contributed by atoms with Crippen LogP contribution in [0.15, 0.2) is 83.8 Å². The molecule has 3 aromatic carbocycles. The van der Waals surface area contributed by atoms with Gasteiger partial charge in [0.2, 0.25) is 0 Å². The molecule has 0 aliphatic carbocycles. The maximum Gasteiger partial charge on any atom is 0.251 e. The van der Waals surface area contributed by atoms with Crippen molar-refractivity contribution >= 4 is 15.7 Å². The van der Waals surface area contributed by atoms with Crippen LogP contribution in [0.2, 0.25) is 0 Å². The molecule has 3 aromatic rings. The van der Waals surface area contributed by atoms with E-state index >= 15 is 0 Å². The van der Waals surface area contributed by atoms with Crippen LogP contribution in [0.25, 0.3) is 0 Å². The highest BCUT2D eigenvalue weighted by Gasteiger charge is 2.17. The number of halogens is 1. The van der Waals surface area contributed by atoms with Crippen LogP contribution >= 0.6 is 0 Å². The molecule has 0 fully saturated rings. The van der Waals surface area contributed by atoms with Crippen molar-refractivity contribution < 1.29 is 17.6 Å². The second kappa shape index (κ2) is 8.35. The summed E-state index contributed by atoms with van der Waals surface area (Å²) >= 11 is 0. The molecular formula is C22H20FNO3S. The number of amides is 1. The number of carbonyl (C=O) groups excluding carboxylic acids is 1. The molecule has 0 aliphatic rings. The fourth-order valence-electron chi connectivity index (χ4n) is 2.87. The molecule has 28 heavy (non-hydrogen) atoms. The summed E-state index contributed by atoms with van der Waals surface area (Å²) in [5.74, 6) is -0.917. The molecule has 0 spiro atoms. The van der Waals surface area contributed by atoms with Crippen LogP contribution in [0.1, 0.15) is 34.5 Å². The third-order valence-corrected chi connectivity index (χ3v) is 6.05. The van der Waals surface area contributed by atoms with Crippen LogP contribution < -0.4 is 5.32 Å². The van der Waals surface area contributed by atoms with E-state index in [1.165, 1.54) is 12.1 Å². The summed E-state index contributed by atoms with van der Waals surface area (Å²) in [5, 5.41) is 2.81. The molecule has 4 nitrogen and oxygen atoms in total. The summed E-state index contributed by atoms with van der Waals surface area (Å²) in [6.07, 6.45) is 0. The topological polar surface area (TPSA) is 63.2 Å². The van der Waals surface area contributed by atoms with E-state index in [0.717, 1.165) is 0 Å². The summed E-state index contributed by atoms with van der Waals surface area (Å²) < 4.78 is 38.5. The Kier molecular flexibility index (Phi) is 5.90. The molecule has 3 rings (SSSR count). The van der Waals surface area contributed by atoms with Crippen molar-refractivity contribution in [1.82, 2.24) is 5.32 Å². The minimum atomic E-state index is -3.50. The Labute approximate surface area is 164 Å². The highest BCUT2D eigenvalue weighted by atomic mass is 32.2. The number of hydrogen-bond acceptors (Lipinski definition) is 3. The van der Waals surface area contributed by atoms with Gasteiger partial charge >= 0.3 is 0 Å². The standard InChI is InChI=1S/C22H20FNO3S/c1-16(18-8-6-10-20(23)14-18)24-22(25)19-9-5-7-17(13-19)15-28(26,27)21-11-3-2-4-12-21/h2-14,16H,15H2,1H3,(H,24,25)/t16-/m1/s1. The van der Waals surface area contributed by atoms with E-state index in [0.29, 0.717) is 16.7 Å². The largest absolute Gasteiger partial charge is 0.346 e. The van der Waals surface area contributed by atoms with E-state index in [4.69, 9.17) is 0 Å². The first-order valence-electron chi connectivity index (χ1n) is 8.78. The van der Waals surface area contributed by atoms with Gasteiger partial charge in [0, 0.05) is 5.56 Å². The van der Waals surface area contributed by atoms with Gasteiger partial charge in [-0.3, -0.25) is 4.79 Å². The minimum Gasteiger partial charge on any atom is -0.346 e. The van der Waals surface area contributed by atoms with E-state index in [2.05, 4.69) is 5.32 Å². The maximum absolute atomic E-state index is 13.4. The highest BCUT2D eigenvalue weighted by Crippen LogP contribution is 2.18. The zero-order valence-electron chi connectivity index (χ0n) is 15.3. The first-order chi connectivity index (χ1) is 13.3. The van der Waals surface area contributed by atoms with Gasteiger partial charge in [-0.05, 0) is 54.4 Å². The van der Waals surface area contributed by atoms with Crippen LogP contribution in [0.5, 0.6) is 0 Å². The van der Waals surface area contributed by atoms with E-state index < -0.39 is 9.84 Å². The average Bonchev–Trinajstić information content (AvgIpc) is 2.68. The van der Waals surface area contributed by atoms with Gasteiger partial charge in [0.1, 0.15) is 5.82 Å². The number of hydrogen-bond donors (Lipinski definition) is 1. The van der Waals surface area contributed by atoms with Gasteiger partial charge in [0.15, 0.2) is 9.84 Å². The van der Waals surface area contributed by atoms with Gasteiger partial charge in [-0.2, -0.15) is 0 Å². The van der Waals surface area contributed by atoms with Crippen molar-refractivity contribution in [1.29, 1.82) is 0 Å². The van der Waals surface area contributed by atoms with E-state index in [1.807, 2.05) is 0 Å². The lowest BCUT2D eigenvalue weighted by Gasteiger charge is -2.15. The predicted octanol–water partition coefficient (Wildman–Crippen LogP) is 4.29. The fourth-order valence-corrected chi connectivity index (χ4v) is 4.23. The van der Waals surface area contributed by atoms with Gasteiger partial charge in [-0.25, -0.2) is 12.8 Å². The Morgan fingerprint density at radius 1 is 0.964 bits per heavy atom. The van der Waals surface area contributed by atoms with Crippen molar-refractivity contribution in [2.45, 2.75) is 23.6 Å². The second-order valence-electron chi connectivity index (χ2n) is 6.52. The number of rotatable bonds is 6. The van der Waals surface area contributed by atoms with Crippen molar-refractivity contribution in [2.24, 2.45) is 0 Å². The zero-order chi connectivity index (χ0) is 20.1. The Morgan fingerprint density at radius 3 is 2.39 bits per heavy atom. The van der Waals surface area contributed by atoms with Crippen LogP contribution in [-0.2, 0) is 15.6 Å². The lowest BCUT2D eigenvalue weighted by atomic mass is 10.1. The van der Waals surface area contributed by atoms with E-state index in [-0.39, 0.29) is 28.4 Å². The van der Waals surface area contributed by atoms with Crippen molar-refractivity contribution in [2.75, 3.05) is 0 Å². The molecule has 0 aliphatic heterocycles. The Hall–Kier alpha value is -2.99. The molecule has 6 heteroatoms. The normalized spacial score (nSPS) is 12.4. The number of carbonyl (C=O) groups is 1. The third kappa shape index (κ3) is 4.84. The van der Waals surface area contributed by atoms with Crippen molar-refractivity contribution in [3.63, 3.8) is 0 Å². The molecule has 0 saturated carbocycles. The Morgan fingerprint density at radius 2 is 1.68 bits per heavy atom. The summed E-state index contributed by atoms with van der Waals surface area (Å²) in [5.41, 5.74) is 1.52. The predicted molar refractivity (Wildman–Crippen MR) is 106 cm³/mol. The van der Waals surface area contributed by atoms with Crippen LogP contribution in [0.4, 0.5) is 4.39 Å². The average molecular weight is 397 g/mol. The molecule has 1 atom stereocenters. The fraction of sp³-hybridized carbons (Fsp3) is 0.136. The molecule has 1 amide bonds. The Balaban J connectivity index is 1.75. The first-order valence-corrected chi connectivity index (χ1v) is 10.4. The molecule has 0 saturated heterocycles. The van der Waals surface area contributed by atoms with Gasteiger partial charge in [-0.1, -0.05) is 42.5 Å². The van der Waals surface area contributed by atoms with Gasteiger partial charge < -0.3 is 5.32 Å². The summed E-state index contributed by atoms with van der Waals surface area (Å²) in [6.45, 7) is 1.76. The van der Waals surface area contributed by atoms with E-state index in [1.54, 1.807) is 73.7 Å². The summed E-state index contributed by atoms with van der Waals surface area (Å²) in [7, 11) is -3.50.